The van der Waals surface area contributed by atoms with Crippen LogP contribution in [0.15, 0.2) is 47.5 Å². The van der Waals surface area contributed by atoms with Crippen LogP contribution in [0.1, 0.15) is 31.2 Å². The molecule has 3 rings (SSSR count). The summed E-state index contributed by atoms with van der Waals surface area (Å²) < 4.78 is 27.4. The molecule has 0 bridgehead atoms. The lowest BCUT2D eigenvalue weighted by molar-refractivity contribution is 0.601. The smallest absolute Gasteiger partial charge is 0.261 e. The Kier molecular flexibility index (Phi) is 5.04. The number of aryl methyl sites for hydroxylation is 1. The molecule has 0 saturated carbocycles. The molecule has 24 heavy (non-hydrogen) atoms. The fraction of sp³-hybridized carbons (Fsp3) is 0.389. The number of benzene rings is 1. The topological polar surface area (TPSA) is 62.3 Å². The molecule has 1 aromatic carbocycles. The zero-order valence-electron chi connectivity index (χ0n) is 13.9. The monoisotopic (exact) mass is 345 g/mol. The second-order valence-corrected chi connectivity index (χ2v) is 7.91. The molecular formula is C18H23N3O2S. The fourth-order valence-corrected chi connectivity index (χ4v) is 3.91. The maximum Gasteiger partial charge on any atom is 0.261 e. The van der Waals surface area contributed by atoms with Gasteiger partial charge in [-0.15, -0.1) is 0 Å². The molecule has 2 aromatic rings. The van der Waals surface area contributed by atoms with Gasteiger partial charge in [-0.05, 0) is 44.0 Å². The lowest BCUT2D eigenvalue weighted by Crippen LogP contribution is -2.24. The lowest BCUT2D eigenvalue weighted by Gasteiger charge is -2.21. The van der Waals surface area contributed by atoms with Gasteiger partial charge in [0.1, 0.15) is 5.82 Å². The first-order valence-corrected chi connectivity index (χ1v) is 9.83. The molecule has 1 saturated heterocycles. The zero-order valence-corrected chi connectivity index (χ0v) is 14.7. The zero-order chi connectivity index (χ0) is 17.0. The molecule has 2 heterocycles. The molecule has 0 atom stereocenters. The third kappa shape index (κ3) is 4.06. The van der Waals surface area contributed by atoms with Crippen LogP contribution in [-0.4, -0.2) is 26.5 Å². The standard InChI is InChI=1S/C18H23N3O2S/c1-15-6-9-17(10-7-15)24(22,23)20-16-8-11-18(19-14-16)21-12-4-2-3-5-13-21/h6-11,14,20H,2-5,12-13H2,1H3. The minimum absolute atomic E-state index is 0.254. The summed E-state index contributed by atoms with van der Waals surface area (Å²) in [7, 11) is -3.58. The van der Waals surface area contributed by atoms with E-state index in [4.69, 9.17) is 0 Å². The first-order chi connectivity index (χ1) is 11.5. The molecule has 1 aromatic heterocycles. The van der Waals surface area contributed by atoms with Crippen LogP contribution in [0.3, 0.4) is 0 Å². The number of nitrogens with zero attached hydrogens (tertiary/aromatic N) is 2. The number of anilines is 2. The summed E-state index contributed by atoms with van der Waals surface area (Å²) in [5, 5.41) is 0. The van der Waals surface area contributed by atoms with Crippen molar-refractivity contribution in [2.45, 2.75) is 37.5 Å². The number of hydrogen-bond donors (Lipinski definition) is 1. The van der Waals surface area contributed by atoms with E-state index in [9.17, 15) is 8.42 Å². The van der Waals surface area contributed by atoms with E-state index in [0.29, 0.717) is 5.69 Å². The first-order valence-electron chi connectivity index (χ1n) is 8.35. The third-order valence-corrected chi connectivity index (χ3v) is 5.66. The average molecular weight is 345 g/mol. The van der Waals surface area contributed by atoms with E-state index in [1.165, 1.54) is 25.7 Å². The molecule has 0 amide bonds. The predicted octanol–water partition coefficient (Wildman–Crippen LogP) is 3.57. The van der Waals surface area contributed by atoms with E-state index in [0.717, 1.165) is 24.5 Å². The maximum absolute atomic E-state index is 12.4. The van der Waals surface area contributed by atoms with Gasteiger partial charge in [-0.1, -0.05) is 30.5 Å². The molecule has 0 unspecified atom stereocenters. The van der Waals surface area contributed by atoms with Gasteiger partial charge in [-0.3, -0.25) is 4.72 Å². The Balaban J connectivity index is 1.72. The second-order valence-electron chi connectivity index (χ2n) is 6.22. The highest BCUT2D eigenvalue weighted by molar-refractivity contribution is 7.92. The van der Waals surface area contributed by atoms with E-state index in [2.05, 4.69) is 14.6 Å². The van der Waals surface area contributed by atoms with Crippen molar-refractivity contribution < 1.29 is 8.42 Å². The fourth-order valence-electron chi connectivity index (χ4n) is 2.86. The number of rotatable bonds is 4. The van der Waals surface area contributed by atoms with Gasteiger partial charge in [0, 0.05) is 13.1 Å². The molecule has 6 heteroatoms. The van der Waals surface area contributed by atoms with E-state index in [-0.39, 0.29) is 4.90 Å². The molecule has 1 aliphatic rings. The molecule has 5 nitrogen and oxygen atoms in total. The summed E-state index contributed by atoms with van der Waals surface area (Å²) in [6.07, 6.45) is 6.49. The Morgan fingerprint density at radius 2 is 1.62 bits per heavy atom. The second kappa shape index (κ2) is 7.21. The Hall–Kier alpha value is -2.08. The van der Waals surface area contributed by atoms with Crippen LogP contribution in [0.25, 0.3) is 0 Å². The van der Waals surface area contributed by atoms with Crippen molar-refractivity contribution in [1.29, 1.82) is 0 Å². The minimum atomic E-state index is -3.58. The molecule has 1 aliphatic heterocycles. The van der Waals surface area contributed by atoms with Gasteiger partial charge in [-0.2, -0.15) is 0 Å². The summed E-state index contributed by atoms with van der Waals surface area (Å²) in [5.41, 5.74) is 1.51. The van der Waals surface area contributed by atoms with Gasteiger partial charge in [0.05, 0.1) is 16.8 Å². The average Bonchev–Trinajstić information content (AvgIpc) is 2.85. The molecule has 1 N–H and O–H groups in total. The maximum atomic E-state index is 12.4. The van der Waals surface area contributed by atoms with Gasteiger partial charge in [0.15, 0.2) is 0 Å². The van der Waals surface area contributed by atoms with E-state index in [1.807, 2.05) is 13.0 Å². The van der Waals surface area contributed by atoms with E-state index in [1.54, 1.807) is 36.5 Å². The summed E-state index contributed by atoms with van der Waals surface area (Å²) >= 11 is 0. The van der Waals surface area contributed by atoms with Gasteiger partial charge in [0.2, 0.25) is 0 Å². The van der Waals surface area contributed by atoms with Crippen molar-refractivity contribution in [2.24, 2.45) is 0 Å². The first kappa shape index (κ1) is 16.8. The number of nitrogens with one attached hydrogen (secondary N) is 1. The third-order valence-electron chi connectivity index (χ3n) is 4.26. The Labute approximate surface area is 143 Å². The van der Waals surface area contributed by atoms with Crippen LogP contribution in [0.5, 0.6) is 0 Å². The Morgan fingerprint density at radius 3 is 2.21 bits per heavy atom. The number of pyridine rings is 1. The SMILES string of the molecule is Cc1ccc(S(=O)(=O)Nc2ccc(N3CCCCCC3)nc2)cc1. The van der Waals surface area contributed by atoms with Crippen molar-refractivity contribution in [3.05, 3.63) is 48.2 Å². The van der Waals surface area contributed by atoms with Crippen molar-refractivity contribution in [3.63, 3.8) is 0 Å². The molecule has 128 valence electrons. The van der Waals surface area contributed by atoms with Crippen LogP contribution in [0.2, 0.25) is 0 Å². The lowest BCUT2D eigenvalue weighted by atomic mass is 10.2. The van der Waals surface area contributed by atoms with Crippen molar-refractivity contribution >= 4 is 21.5 Å². The normalized spacial score (nSPS) is 15.8. The van der Waals surface area contributed by atoms with Crippen molar-refractivity contribution in [3.8, 4) is 0 Å². The highest BCUT2D eigenvalue weighted by Gasteiger charge is 2.15. The van der Waals surface area contributed by atoms with Gasteiger partial charge < -0.3 is 4.90 Å². The predicted molar refractivity (Wildman–Crippen MR) is 96.9 cm³/mol. The van der Waals surface area contributed by atoms with Gasteiger partial charge >= 0.3 is 0 Å². The van der Waals surface area contributed by atoms with Crippen LogP contribution >= 0.6 is 0 Å². The van der Waals surface area contributed by atoms with E-state index < -0.39 is 10.0 Å². The summed E-state index contributed by atoms with van der Waals surface area (Å²) in [5.74, 6) is 0.912. The quantitative estimate of drug-likeness (QED) is 0.920. The highest BCUT2D eigenvalue weighted by Crippen LogP contribution is 2.21. The van der Waals surface area contributed by atoms with E-state index >= 15 is 0 Å². The number of sulfonamides is 1. The van der Waals surface area contributed by atoms with Gasteiger partial charge in [-0.25, -0.2) is 13.4 Å². The largest absolute Gasteiger partial charge is 0.357 e. The van der Waals surface area contributed by atoms with Gasteiger partial charge in [0.25, 0.3) is 10.0 Å². The van der Waals surface area contributed by atoms with Crippen LogP contribution in [-0.2, 0) is 10.0 Å². The molecular weight excluding hydrogens is 322 g/mol. The molecule has 0 radical (unpaired) electrons. The summed E-state index contributed by atoms with van der Waals surface area (Å²) in [4.78, 5) is 6.96. The highest BCUT2D eigenvalue weighted by atomic mass is 32.2. The summed E-state index contributed by atoms with van der Waals surface area (Å²) in [6, 6.07) is 10.5. The van der Waals surface area contributed by atoms with Crippen molar-refractivity contribution in [1.82, 2.24) is 4.98 Å². The molecule has 0 aliphatic carbocycles. The van der Waals surface area contributed by atoms with Crippen LogP contribution < -0.4 is 9.62 Å². The number of hydrogen-bond acceptors (Lipinski definition) is 4. The summed E-state index contributed by atoms with van der Waals surface area (Å²) in [6.45, 7) is 3.96. The van der Waals surface area contributed by atoms with Crippen molar-refractivity contribution in [2.75, 3.05) is 22.7 Å². The molecule has 0 spiro atoms. The minimum Gasteiger partial charge on any atom is -0.357 e. The Morgan fingerprint density at radius 1 is 0.958 bits per heavy atom. The Bertz CT molecular complexity index is 763. The molecule has 1 fully saturated rings. The number of aromatic nitrogens is 1. The van der Waals surface area contributed by atoms with Crippen LogP contribution in [0, 0.1) is 6.92 Å². The van der Waals surface area contributed by atoms with Crippen LogP contribution in [0.4, 0.5) is 11.5 Å².